The van der Waals surface area contributed by atoms with Crippen molar-refractivity contribution in [3.8, 4) is 0 Å². The number of fused-ring (bicyclic) bond motifs is 1. The highest BCUT2D eigenvalue weighted by Gasteiger charge is 2.35. The average molecular weight is 139 g/mol. The van der Waals surface area contributed by atoms with E-state index in [1.54, 1.807) is 0 Å². The molecule has 0 radical (unpaired) electrons. The standard InChI is InChI=1S/C8H13NO/c1-6-2-7-3-8(10)5-9(7)4-6/h7-8,10H,1-5H2. The van der Waals surface area contributed by atoms with Crippen LogP contribution in [-0.4, -0.2) is 35.2 Å². The van der Waals surface area contributed by atoms with Crippen molar-refractivity contribution in [1.82, 2.24) is 4.90 Å². The average Bonchev–Trinajstić information content (AvgIpc) is 2.21. The van der Waals surface area contributed by atoms with Crippen molar-refractivity contribution >= 4 is 0 Å². The van der Waals surface area contributed by atoms with Gasteiger partial charge in [0.2, 0.25) is 0 Å². The Morgan fingerprint density at radius 2 is 2.40 bits per heavy atom. The molecule has 0 aromatic heterocycles. The Kier molecular flexibility index (Phi) is 1.32. The molecule has 2 atom stereocenters. The Balaban J connectivity index is 2.06. The molecule has 0 aliphatic carbocycles. The second kappa shape index (κ2) is 2.07. The van der Waals surface area contributed by atoms with Crippen molar-refractivity contribution < 1.29 is 5.11 Å². The molecule has 56 valence electrons. The normalized spacial score (nSPS) is 40.7. The van der Waals surface area contributed by atoms with Gasteiger partial charge >= 0.3 is 0 Å². The minimum atomic E-state index is -0.0712. The monoisotopic (exact) mass is 139 g/mol. The fourth-order valence-corrected chi connectivity index (χ4v) is 2.05. The Morgan fingerprint density at radius 1 is 1.60 bits per heavy atom. The van der Waals surface area contributed by atoms with E-state index < -0.39 is 0 Å². The van der Waals surface area contributed by atoms with Crippen molar-refractivity contribution in [2.75, 3.05) is 13.1 Å². The summed E-state index contributed by atoms with van der Waals surface area (Å²) >= 11 is 0. The van der Waals surface area contributed by atoms with Crippen LogP contribution >= 0.6 is 0 Å². The summed E-state index contributed by atoms with van der Waals surface area (Å²) in [5.41, 5.74) is 1.33. The molecule has 2 rings (SSSR count). The lowest BCUT2D eigenvalue weighted by atomic mass is 10.1. The van der Waals surface area contributed by atoms with Gasteiger partial charge in [-0.15, -0.1) is 0 Å². The number of hydrogen-bond donors (Lipinski definition) is 1. The van der Waals surface area contributed by atoms with Gasteiger partial charge in [-0.1, -0.05) is 12.2 Å². The van der Waals surface area contributed by atoms with Gasteiger partial charge in [0.05, 0.1) is 6.10 Å². The first-order valence-electron chi connectivity index (χ1n) is 3.84. The van der Waals surface area contributed by atoms with Crippen LogP contribution in [0.4, 0.5) is 0 Å². The van der Waals surface area contributed by atoms with Gasteiger partial charge in [-0.05, 0) is 12.8 Å². The van der Waals surface area contributed by atoms with Crippen molar-refractivity contribution in [3.63, 3.8) is 0 Å². The molecule has 2 heteroatoms. The van der Waals surface area contributed by atoms with Gasteiger partial charge in [0.1, 0.15) is 0 Å². The molecular weight excluding hydrogens is 126 g/mol. The molecular formula is C8H13NO. The number of rotatable bonds is 0. The Labute approximate surface area is 61.1 Å². The second-order valence-corrected chi connectivity index (χ2v) is 3.43. The van der Waals surface area contributed by atoms with E-state index in [4.69, 9.17) is 0 Å². The molecule has 0 aromatic carbocycles. The molecule has 0 bridgehead atoms. The maximum Gasteiger partial charge on any atom is 0.0682 e. The summed E-state index contributed by atoms with van der Waals surface area (Å²) in [5.74, 6) is 0. The van der Waals surface area contributed by atoms with Crippen LogP contribution in [0.2, 0.25) is 0 Å². The lowest BCUT2D eigenvalue weighted by Crippen LogP contribution is -2.23. The van der Waals surface area contributed by atoms with Gasteiger partial charge in [0, 0.05) is 19.1 Å². The van der Waals surface area contributed by atoms with Crippen LogP contribution in [0.3, 0.4) is 0 Å². The van der Waals surface area contributed by atoms with Crippen molar-refractivity contribution in [3.05, 3.63) is 12.2 Å². The van der Waals surface area contributed by atoms with E-state index in [9.17, 15) is 5.11 Å². The summed E-state index contributed by atoms with van der Waals surface area (Å²) in [6.45, 7) is 5.82. The summed E-state index contributed by atoms with van der Waals surface area (Å²) in [5, 5.41) is 9.25. The molecule has 0 saturated carbocycles. The van der Waals surface area contributed by atoms with Gasteiger partial charge in [0.25, 0.3) is 0 Å². The highest BCUT2D eigenvalue weighted by atomic mass is 16.3. The lowest BCUT2D eigenvalue weighted by Gasteiger charge is -2.11. The van der Waals surface area contributed by atoms with Crippen LogP contribution in [0.15, 0.2) is 12.2 Å². The number of nitrogens with zero attached hydrogens (tertiary/aromatic N) is 1. The molecule has 10 heavy (non-hydrogen) atoms. The van der Waals surface area contributed by atoms with Crippen LogP contribution in [-0.2, 0) is 0 Å². The lowest BCUT2D eigenvalue weighted by molar-refractivity contribution is 0.179. The van der Waals surface area contributed by atoms with Crippen LogP contribution in [0, 0.1) is 0 Å². The predicted octanol–water partition coefficient (Wildman–Crippen LogP) is 0.382. The minimum absolute atomic E-state index is 0.0712. The summed E-state index contributed by atoms with van der Waals surface area (Å²) in [4.78, 5) is 2.33. The van der Waals surface area contributed by atoms with Gasteiger partial charge in [-0.3, -0.25) is 4.90 Å². The number of aliphatic hydroxyl groups excluding tert-OH is 1. The summed E-state index contributed by atoms with van der Waals surface area (Å²) in [6, 6.07) is 0.613. The molecule has 1 N–H and O–H groups in total. The van der Waals surface area contributed by atoms with E-state index in [1.807, 2.05) is 0 Å². The molecule has 2 unspecified atom stereocenters. The quantitative estimate of drug-likeness (QED) is 0.490. The first-order chi connectivity index (χ1) is 4.75. The van der Waals surface area contributed by atoms with E-state index >= 15 is 0 Å². The highest BCUT2D eigenvalue weighted by molar-refractivity contribution is 5.11. The van der Waals surface area contributed by atoms with E-state index in [0.29, 0.717) is 6.04 Å². The maximum absolute atomic E-state index is 9.25. The zero-order valence-electron chi connectivity index (χ0n) is 6.08. The zero-order valence-corrected chi connectivity index (χ0v) is 6.08. The van der Waals surface area contributed by atoms with Gasteiger partial charge < -0.3 is 5.11 Å². The largest absolute Gasteiger partial charge is 0.392 e. The van der Waals surface area contributed by atoms with E-state index in [-0.39, 0.29) is 6.10 Å². The molecule has 0 aromatic rings. The fraction of sp³-hybridized carbons (Fsp3) is 0.750. The highest BCUT2D eigenvalue weighted by Crippen LogP contribution is 2.29. The fourth-order valence-electron chi connectivity index (χ4n) is 2.05. The minimum Gasteiger partial charge on any atom is -0.392 e. The van der Waals surface area contributed by atoms with Gasteiger partial charge in [-0.25, -0.2) is 0 Å². The second-order valence-electron chi connectivity index (χ2n) is 3.43. The Morgan fingerprint density at radius 3 is 3.10 bits per heavy atom. The van der Waals surface area contributed by atoms with E-state index in [1.165, 1.54) is 5.57 Å². The van der Waals surface area contributed by atoms with Gasteiger partial charge in [-0.2, -0.15) is 0 Å². The van der Waals surface area contributed by atoms with E-state index in [2.05, 4.69) is 11.5 Å². The van der Waals surface area contributed by atoms with Crippen molar-refractivity contribution in [1.29, 1.82) is 0 Å². The molecule has 2 heterocycles. The van der Waals surface area contributed by atoms with Gasteiger partial charge in [0.15, 0.2) is 0 Å². The van der Waals surface area contributed by atoms with Crippen LogP contribution < -0.4 is 0 Å². The summed E-state index contributed by atoms with van der Waals surface area (Å²) < 4.78 is 0. The SMILES string of the molecule is C=C1CC2CC(O)CN2C1. The third kappa shape index (κ3) is 0.879. The molecule has 0 spiro atoms. The summed E-state index contributed by atoms with van der Waals surface area (Å²) in [6.07, 6.45) is 1.99. The first-order valence-corrected chi connectivity index (χ1v) is 3.84. The Hall–Kier alpha value is -0.340. The molecule has 0 amide bonds. The molecule has 2 aliphatic rings. The first kappa shape index (κ1) is 6.38. The van der Waals surface area contributed by atoms with Crippen molar-refractivity contribution in [2.24, 2.45) is 0 Å². The van der Waals surface area contributed by atoms with Crippen molar-refractivity contribution in [2.45, 2.75) is 25.0 Å². The zero-order chi connectivity index (χ0) is 7.14. The third-order valence-corrected chi connectivity index (χ3v) is 2.46. The third-order valence-electron chi connectivity index (χ3n) is 2.46. The maximum atomic E-state index is 9.25. The van der Waals surface area contributed by atoms with Crippen LogP contribution in [0.5, 0.6) is 0 Å². The van der Waals surface area contributed by atoms with Crippen LogP contribution in [0.1, 0.15) is 12.8 Å². The summed E-state index contributed by atoms with van der Waals surface area (Å²) in [7, 11) is 0. The smallest absolute Gasteiger partial charge is 0.0682 e. The molecule has 2 fully saturated rings. The number of hydrogen-bond acceptors (Lipinski definition) is 2. The molecule has 2 nitrogen and oxygen atoms in total. The topological polar surface area (TPSA) is 23.5 Å². The predicted molar refractivity (Wildman–Crippen MR) is 39.7 cm³/mol. The van der Waals surface area contributed by atoms with E-state index in [0.717, 1.165) is 25.9 Å². The Bertz CT molecular complexity index is 151. The molecule has 2 saturated heterocycles. The molecule has 2 aliphatic heterocycles. The van der Waals surface area contributed by atoms with Crippen LogP contribution in [0.25, 0.3) is 0 Å². The number of aliphatic hydroxyl groups is 1.